The minimum absolute atomic E-state index is 0.531. The summed E-state index contributed by atoms with van der Waals surface area (Å²) in [7, 11) is 0. The first-order chi connectivity index (χ1) is 9.30. The summed E-state index contributed by atoms with van der Waals surface area (Å²) in [4.78, 5) is 12.7. The smallest absolute Gasteiger partial charge is 0.133 e. The molecule has 0 atom stereocenters. The van der Waals surface area contributed by atoms with Gasteiger partial charge in [0.05, 0.1) is 11.3 Å². The van der Waals surface area contributed by atoms with Gasteiger partial charge in [-0.1, -0.05) is 6.92 Å². The second-order valence-corrected chi connectivity index (χ2v) is 4.01. The molecule has 0 aliphatic heterocycles. The molecule has 2 aromatic heterocycles. The molecule has 0 saturated carbocycles. The molecule has 1 N–H and O–H groups in total. The molecule has 0 saturated heterocycles. The molecule has 0 spiro atoms. The van der Waals surface area contributed by atoms with Crippen LogP contribution in [-0.2, 0) is 6.42 Å². The molecule has 0 bridgehead atoms. The number of hydrogen-bond donors (Lipinski definition) is 1. The first kappa shape index (κ1) is 13.0. The molecule has 2 heterocycles. The number of pyridine rings is 1. The highest BCUT2D eigenvalue weighted by molar-refractivity contribution is 5.68. The lowest BCUT2D eigenvalue weighted by Gasteiger charge is -2.12. The van der Waals surface area contributed by atoms with Crippen molar-refractivity contribution in [2.24, 2.45) is 0 Å². The van der Waals surface area contributed by atoms with Crippen LogP contribution in [0, 0.1) is 11.3 Å². The van der Waals surface area contributed by atoms with Crippen LogP contribution in [0.15, 0.2) is 24.8 Å². The van der Waals surface area contributed by atoms with E-state index >= 15 is 0 Å². The molecule has 2 rings (SSSR count). The van der Waals surface area contributed by atoms with Crippen molar-refractivity contribution in [3.05, 3.63) is 35.9 Å². The lowest BCUT2D eigenvalue weighted by Crippen LogP contribution is -2.05. The Balaban J connectivity index is 2.55. The fourth-order valence-corrected chi connectivity index (χ4v) is 1.95. The minimum atomic E-state index is 0.531. The number of anilines is 1. The summed E-state index contributed by atoms with van der Waals surface area (Å²) < 4.78 is 0. The molecule has 0 amide bonds. The van der Waals surface area contributed by atoms with Crippen molar-refractivity contribution in [2.45, 2.75) is 20.3 Å². The van der Waals surface area contributed by atoms with E-state index in [4.69, 9.17) is 5.26 Å². The molecular weight excluding hydrogens is 238 g/mol. The van der Waals surface area contributed by atoms with Crippen molar-refractivity contribution in [1.29, 1.82) is 5.26 Å². The van der Waals surface area contributed by atoms with Crippen molar-refractivity contribution in [3.8, 4) is 17.3 Å². The van der Waals surface area contributed by atoms with Crippen molar-refractivity contribution in [2.75, 3.05) is 11.9 Å². The van der Waals surface area contributed by atoms with Gasteiger partial charge in [-0.2, -0.15) is 5.26 Å². The molecule has 0 aliphatic carbocycles. The maximum Gasteiger partial charge on any atom is 0.133 e. The average Bonchev–Trinajstić information content (AvgIpc) is 2.47. The number of nitrogens with one attached hydrogen (secondary N) is 1. The standard InChI is InChI=1S/C14H15N5/c1-3-12-13(18-9-19-14(12)17-4-2)11-5-10(6-15)7-16-8-11/h5,7-9H,3-4H2,1-2H3,(H,17,18,19). The van der Waals surface area contributed by atoms with E-state index in [1.807, 2.05) is 6.92 Å². The summed E-state index contributed by atoms with van der Waals surface area (Å²) in [5.74, 6) is 0.845. The highest BCUT2D eigenvalue weighted by Crippen LogP contribution is 2.25. The monoisotopic (exact) mass is 253 g/mol. The number of nitrogens with zero attached hydrogens (tertiary/aromatic N) is 4. The third kappa shape index (κ3) is 2.68. The van der Waals surface area contributed by atoms with Gasteiger partial charge in [0.2, 0.25) is 0 Å². The van der Waals surface area contributed by atoms with Crippen molar-refractivity contribution in [1.82, 2.24) is 15.0 Å². The van der Waals surface area contributed by atoms with Crippen LogP contribution in [-0.4, -0.2) is 21.5 Å². The quantitative estimate of drug-likeness (QED) is 0.905. The lowest BCUT2D eigenvalue weighted by molar-refractivity contribution is 1.03. The van der Waals surface area contributed by atoms with Gasteiger partial charge in [-0.25, -0.2) is 9.97 Å². The van der Waals surface area contributed by atoms with E-state index in [0.29, 0.717) is 5.56 Å². The Labute approximate surface area is 112 Å². The van der Waals surface area contributed by atoms with Gasteiger partial charge < -0.3 is 5.32 Å². The Morgan fingerprint density at radius 2 is 2.11 bits per heavy atom. The Kier molecular flexibility index (Phi) is 4.04. The molecule has 96 valence electrons. The number of hydrogen-bond acceptors (Lipinski definition) is 5. The van der Waals surface area contributed by atoms with Gasteiger partial charge in [0, 0.05) is 30.1 Å². The van der Waals surface area contributed by atoms with Crippen molar-refractivity contribution >= 4 is 5.82 Å². The second kappa shape index (κ2) is 5.91. The molecular formula is C14H15N5. The molecule has 19 heavy (non-hydrogen) atoms. The lowest BCUT2D eigenvalue weighted by atomic mass is 10.0. The second-order valence-electron chi connectivity index (χ2n) is 4.01. The summed E-state index contributed by atoms with van der Waals surface area (Å²) in [6, 6.07) is 3.89. The Morgan fingerprint density at radius 1 is 1.26 bits per heavy atom. The third-order valence-electron chi connectivity index (χ3n) is 2.78. The maximum atomic E-state index is 8.94. The average molecular weight is 253 g/mol. The molecule has 5 nitrogen and oxygen atoms in total. The zero-order valence-corrected chi connectivity index (χ0v) is 11.0. The van der Waals surface area contributed by atoms with E-state index in [-0.39, 0.29) is 0 Å². The largest absolute Gasteiger partial charge is 0.370 e. The summed E-state index contributed by atoms with van der Waals surface area (Å²) in [5, 5.41) is 12.2. The van der Waals surface area contributed by atoms with Gasteiger partial charge >= 0.3 is 0 Å². The van der Waals surface area contributed by atoms with E-state index in [1.54, 1.807) is 18.5 Å². The van der Waals surface area contributed by atoms with Gasteiger partial charge in [0.25, 0.3) is 0 Å². The molecule has 0 radical (unpaired) electrons. The minimum Gasteiger partial charge on any atom is -0.370 e. The summed E-state index contributed by atoms with van der Waals surface area (Å²) in [6.07, 6.45) is 5.61. The Morgan fingerprint density at radius 3 is 2.79 bits per heavy atom. The highest BCUT2D eigenvalue weighted by Gasteiger charge is 2.11. The first-order valence-electron chi connectivity index (χ1n) is 6.23. The normalized spacial score (nSPS) is 9.95. The zero-order valence-electron chi connectivity index (χ0n) is 11.0. The van der Waals surface area contributed by atoms with Gasteiger partial charge in [-0.3, -0.25) is 4.98 Å². The molecule has 0 aromatic carbocycles. The predicted molar refractivity (Wildman–Crippen MR) is 73.5 cm³/mol. The van der Waals surface area contributed by atoms with Crippen LogP contribution < -0.4 is 5.32 Å². The van der Waals surface area contributed by atoms with E-state index in [2.05, 4.69) is 33.3 Å². The van der Waals surface area contributed by atoms with Crippen LogP contribution in [0.25, 0.3) is 11.3 Å². The zero-order chi connectivity index (χ0) is 13.7. The van der Waals surface area contributed by atoms with Crippen LogP contribution in [0.2, 0.25) is 0 Å². The molecule has 5 heteroatoms. The van der Waals surface area contributed by atoms with Crippen LogP contribution in [0.4, 0.5) is 5.82 Å². The van der Waals surface area contributed by atoms with E-state index < -0.39 is 0 Å². The molecule has 0 aliphatic rings. The summed E-state index contributed by atoms with van der Waals surface area (Å²) in [5.41, 5.74) is 3.25. The maximum absolute atomic E-state index is 8.94. The van der Waals surface area contributed by atoms with E-state index in [9.17, 15) is 0 Å². The number of nitriles is 1. The number of rotatable bonds is 4. The van der Waals surface area contributed by atoms with Gasteiger partial charge in [0.1, 0.15) is 18.2 Å². The Bertz CT molecular complexity index is 615. The van der Waals surface area contributed by atoms with Crippen LogP contribution in [0.5, 0.6) is 0 Å². The van der Waals surface area contributed by atoms with Crippen LogP contribution in [0.3, 0.4) is 0 Å². The highest BCUT2D eigenvalue weighted by atomic mass is 15.0. The fraction of sp³-hybridized carbons (Fsp3) is 0.286. The fourth-order valence-electron chi connectivity index (χ4n) is 1.95. The topological polar surface area (TPSA) is 74.5 Å². The SMILES string of the molecule is CCNc1ncnc(-c2cncc(C#N)c2)c1CC. The molecule has 0 unspecified atom stereocenters. The Hall–Kier alpha value is -2.48. The summed E-state index contributed by atoms with van der Waals surface area (Å²) in [6.45, 7) is 4.89. The summed E-state index contributed by atoms with van der Waals surface area (Å²) >= 11 is 0. The number of aromatic nitrogens is 3. The third-order valence-corrected chi connectivity index (χ3v) is 2.78. The molecule has 0 fully saturated rings. The predicted octanol–water partition coefficient (Wildman–Crippen LogP) is 2.40. The van der Waals surface area contributed by atoms with Crippen LogP contribution >= 0.6 is 0 Å². The molecule has 2 aromatic rings. The van der Waals surface area contributed by atoms with E-state index in [0.717, 1.165) is 35.6 Å². The van der Waals surface area contributed by atoms with Crippen molar-refractivity contribution < 1.29 is 0 Å². The van der Waals surface area contributed by atoms with E-state index in [1.165, 1.54) is 6.33 Å². The van der Waals surface area contributed by atoms with Crippen LogP contribution in [0.1, 0.15) is 25.0 Å². The van der Waals surface area contributed by atoms with Crippen molar-refractivity contribution in [3.63, 3.8) is 0 Å². The van der Waals surface area contributed by atoms with Gasteiger partial charge in [-0.05, 0) is 19.4 Å². The first-order valence-corrected chi connectivity index (χ1v) is 6.23. The van der Waals surface area contributed by atoms with Gasteiger partial charge in [-0.15, -0.1) is 0 Å². The van der Waals surface area contributed by atoms with Gasteiger partial charge in [0.15, 0.2) is 0 Å².